The number of hydrogen-bond acceptors (Lipinski definition) is 4. The van der Waals surface area contributed by atoms with Crippen LogP contribution >= 0.6 is 0 Å². The minimum absolute atomic E-state index is 0.0155. The summed E-state index contributed by atoms with van der Waals surface area (Å²) in [6.45, 7) is 0. The van der Waals surface area contributed by atoms with Crippen LogP contribution in [-0.2, 0) is 7.05 Å². The zero-order valence-corrected chi connectivity index (χ0v) is 16.7. The highest BCUT2D eigenvalue weighted by Gasteiger charge is 2.29. The fraction of sp³-hybridized carbons (Fsp3) is 0.435. The molecular formula is C23H26N4O2. The lowest BCUT2D eigenvalue weighted by atomic mass is 9.92. The van der Waals surface area contributed by atoms with Crippen molar-refractivity contribution in [2.45, 2.75) is 56.6 Å². The van der Waals surface area contributed by atoms with Crippen molar-refractivity contribution in [2.75, 3.05) is 0 Å². The molecule has 0 aliphatic heterocycles. The average Bonchev–Trinajstić information content (AvgIpc) is 3.51. The molecule has 2 fully saturated rings. The van der Waals surface area contributed by atoms with Crippen molar-refractivity contribution in [3.8, 4) is 5.75 Å². The van der Waals surface area contributed by atoms with Gasteiger partial charge in [0.2, 0.25) is 0 Å². The Morgan fingerprint density at radius 3 is 2.72 bits per heavy atom. The summed E-state index contributed by atoms with van der Waals surface area (Å²) in [5, 5.41) is 8.78. The maximum Gasteiger partial charge on any atom is 0.269 e. The number of ether oxygens (including phenoxy) is 1. The first kappa shape index (κ1) is 18.2. The summed E-state index contributed by atoms with van der Waals surface area (Å²) in [5.74, 6) is 1.43. The molecule has 0 spiro atoms. The predicted molar refractivity (Wildman–Crippen MR) is 111 cm³/mol. The molecule has 6 nitrogen and oxygen atoms in total. The van der Waals surface area contributed by atoms with E-state index in [0.29, 0.717) is 11.6 Å². The SMILES string of the molecule is Cn1nc(C2CC2)cc1C(=O)NC1CCC(Oc2ccc3ncccc3c2)CC1. The van der Waals surface area contributed by atoms with Crippen molar-refractivity contribution < 1.29 is 9.53 Å². The molecule has 29 heavy (non-hydrogen) atoms. The number of carbonyl (C=O) groups is 1. The van der Waals surface area contributed by atoms with E-state index in [9.17, 15) is 4.79 Å². The molecule has 2 heterocycles. The smallest absolute Gasteiger partial charge is 0.269 e. The summed E-state index contributed by atoms with van der Waals surface area (Å²) in [6.07, 6.45) is 8.11. The van der Waals surface area contributed by atoms with Crippen LogP contribution in [0, 0.1) is 0 Å². The van der Waals surface area contributed by atoms with Gasteiger partial charge in [-0.05, 0) is 68.9 Å². The Morgan fingerprint density at radius 1 is 1.10 bits per heavy atom. The third kappa shape index (κ3) is 3.97. The van der Waals surface area contributed by atoms with Gasteiger partial charge in [-0.1, -0.05) is 6.07 Å². The predicted octanol–water partition coefficient (Wildman–Crippen LogP) is 3.97. The maximum atomic E-state index is 12.7. The molecule has 150 valence electrons. The molecule has 2 aliphatic rings. The fourth-order valence-corrected chi connectivity index (χ4v) is 4.18. The van der Waals surface area contributed by atoms with Crippen LogP contribution in [0.25, 0.3) is 10.9 Å². The number of nitrogens with one attached hydrogen (secondary N) is 1. The Hall–Kier alpha value is -2.89. The lowest BCUT2D eigenvalue weighted by molar-refractivity contribution is 0.0885. The van der Waals surface area contributed by atoms with Gasteiger partial charge in [-0.15, -0.1) is 0 Å². The summed E-state index contributed by atoms with van der Waals surface area (Å²) in [5.41, 5.74) is 2.70. The van der Waals surface area contributed by atoms with Crippen LogP contribution in [0.3, 0.4) is 0 Å². The lowest BCUT2D eigenvalue weighted by Crippen LogP contribution is -2.40. The number of rotatable bonds is 5. The van der Waals surface area contributed by atoms with Crippen LogP contribution in [0.1, 0.15) is 60.6 Å². The van der Waals surface area contributed by atoms with Gasteiger partial charge in [0.05, 0.1) is 17.3 Å². The summed E-state index contributed by atoms with van der Waals surface area (Å²) in [4.78, 5) is 17.0. The average molecular weight is 390 g/mol. The van der Waals surface area contributed by atoms with E-state index < -0.39 is 0 Å². The standard InChI is InChI=1S/C23H26N4O2/c1-27-22(14-21(26-27)15-4-5-15)23(28)25-17-6-8-18(9-7-17)29-19-10-11-20-16(13-19)3-2-12-24-20/h2-3,10-15,17-18H,4-9H2,1H3,(H,25,28). The zero-order valence-electron chi connectivity index (χ0n) is 16.7. The van der Waals surface area contributed by atoms with Gasteiger partial charge in [0.1, 0.15) is 11.4 Å². The first-order chi connectivity index (χ1) is 14.2. The molecule has 1 aromatic carbocycles. The van der Waals surface area contributed by atoms with Gasteiger partial charge in [-0.25, -0.2) is 0 Å². The Labute approximate surface area is 170 Å². The van der Waals surface area contributed by atoms with Gasteiger partial charge in [0, 0.05) is 30.6 Å². The fourth-order valence-electron chi connectivity index (χ4n) is 4.18. The first-order valence-electron chi connectivity index (χ1n) is 10.5. The van der Waals surface area contributed by atoms with Gasteiger partial charge in [0.15, 0.2) is 0 Å². The molecule has 0 radical (unpaired) electrons. The summed E-state index contributed by atoms with van der Waals surface area (Å²) in [6, 6.07) is 12.2. The van der Waals surface area contributed by atoms with E-state index in [1.165, 1.54) is 12.8 Å². The molecule has 1 amide bonds. The molecule has 0 unspecified atom stereocenters. The first-order valence-corrected chi connectivity index (χ1v) is 10.5. The Bertz CT molecular complexity index is 1030. The Morgan fingerprint density at radius 2 is 1.93 bits per heavy atom. The normalized spacial score (nSPS) is 21.8. The molecule has 0 bridgehead atoms. The van der Waals surface area contributed by atoms with Gasteiger partial charge >= 0.3 is 0 Å². The maximum absolute atomic E-state index is 12.7. The quantitative estimate of drug-likeness (QED) is 0.716. The molecule has 2 aromatic heterocycles. The van der Waals surface area contributed by atoms with E-state index in [4.69, 9.17) is 4.74 Å². The number of carbonyl (C=O) groups excluding carboxylic acids is 1. The van der Waals surface area contributed by atoms with E-state index in [0.717, 1.165) is 48.0 Å². The number of hydrogen-bond donors (Lipinski definition) is 1. The summed E-state index contributed by atoms with van der Waals surface area (Å²) in [7, 11) is 1.85. The van der Waals surface area contributed by atoms with E-state index in [2.05, 4.69) is 27.5 Å². The molecule has 0 atom stereocenters. The van der Waals surface area contributed by atoms with Crippen LogP contribution in [0.5, 0.6) is 5.75 Å². The van der Waals surface area contributed by atoms with E-state index in [1.54, 1.807) is 10.9 Å². The van der Waals surface area contributed by atoms with Gasteiger partial charge in [0.25, 0.3) is 5.91 Å². The van der Waals surface area contributed by atoms with Crippen molar-refractivity contribution in [1.82, 2.24) is 20.1 Å². The molecule has 1 N–H and O–H groups in total. The molecule has 6 heteroatoms. The van der Waals surface area contributed by atoms with Gasteiger partial charge < -0.3 is 10.1 Å². The van der Waals surface area contributed by atoms with Crippen LogP contribution in [-0.4, -0.2) is 32.8 Å². The van der Waals surface area contributed by atoms with E-state index in [1.807, 2.05) is 31.3 Å². The Kier molecular flexibility index (Phi) is 4.70. The number of pyridine rings is 1. The summed E-state index contributed by atoms with van der Waals surface area (Å²) >= 11 is 0. The second-order valence-corrected chi connectivity index (χ2v) is 8.28. The number of benzene rings is 1. The van der Waals surface area contributed by atoms with Gasteiger partial charge in [-0.3, -0.25) is 14.5 Å². The second kappa shape index (κ2) is 7.50. The largest absolute Gasteiger partial charge is 0.490 e. The lowest BCUT2D eigenvalue weighted by Gasteiger charge is -2.29. The highest BCUT2D eigenvalue weighted by Crippen LogP contribution is 2.39. The van der Waals surface area contributed by atoms with Crippen LogP contribution in [0.2, 0.25) is 0 Å². The highest BCUT2D eigenvalue weighted by atomic mass is 16.5. The minimum atomic E-state index is -0.0155. The highest BCUT2D eigenvalue weighted by molar-refractivity contribution is 5.92. The van der Waals surface area contributed by atoms with Crippen LogP contribution in [0.4, 0.5) is 0 Å². The van der Waals surface area contributed by atoms with Crippen molar-refractivity contribution in [3.05, 3.63) is 54.0 Å². The minimum Gasteiger partial charge on any atom is -0.490 e. The zero-order chi connectivity index (χ0) is 19.8. The molecular weight excluding hydrogens is 364 g/mol. The number of amides is 1. The molecule has 2 saturated carbocycles. The van der Waals surface area contributed by atoms with Crippen molar-refractivity contribution in [2.24, 2.45) is 7.05 Å². The van der Waals surface area contributed by atoms with Crippen LogP contribution in [0.15, 0.2) is 42.6 Å². The van der Waals surface area contributed by atoms with Crippen molar-refractivity contribution >= 4 is 16.8 Å². The van der Waals surface area contributed by atoms with Gasteiger partial charge in [-0.2, -0.15) is 5.10 Å². The van der Waals surface area contributed by atoms with Crippen molar-refractivity contribution in [3.63, 3.8) is 0 Å². The van der Waals surface area contributed by atoms with E-state index >= 15 is 0 Å². The number of aryl methyl sites for hydroxylation is 1. The number of nitrogens with zero attached hydrogens (tertiary/aromatic N) is 3. The molecule has 0 saturated heterocycles. The molecule has 2 aliphatic carbocycles. The number of aromatic nitrogens is 3. The third-order valence-electron chi connectivity index (χ3n) is 6.01. The monoisotopic (exact) mass is 390 g/mol. The van der Waals surface area contributed by atoms with Crippen molar-refractivity contribution in [1.29, 1.82) is 0 Å². The summed E-state index contributed by atoms with van der Waals surface area (Å²) < 4.78 is 7.92. The number of fused-ring (bicyclic) bond motifs is 1. The third-order valence-corrected chi connectivity index (χ3v) is 6.01. The van der Waals surface area contributed by atoms with Crippen LogP contribution < -0.4 is 10.1 Å². The molecule has 3 aromatic rings. The molecule has 5 rings (SSSR count). The Balaban J connectivity index is 1.15. The topological polar surface area (TPSA) is 69.0 Å². The van der Waals surface area contributed by atoms with E-state index in [-0.39, 0.29) is 18.1 Å². The second-order valence-electron chi connectivity index (χ2n) is 8.28.